The van der Waals surface area contributed by atoms with Crippen LogP contribution in [0, 0.1) is 28.6 Å². The van der Waals surface area contributed by atoms with Crippen LogP contribution >= 0.6 is 0 Å². The predicted octanol–water partition coefficient (Wildman–Crippen LogP) is 6.98. The zero-order valence-corrected chi connectivity index (χ0v) is 27.4. The molecular weight excluding hydrogens is 533 g/mol. The molecule has 5 heteroatoms. The summed E-state index contributed by atoms with van der Waals surface area (Å²) in [6.07, 6.45) is 10.1. The molecule has 0 aliphatic heterocycles. The maximum atomic E-state index is 13.4. The van der Waals surface area contributed by atoms with Crippen molar-refractivity contribution in [1.82, 2.24) is 10.3 Å². The summed E-state index contributed by atoms with van der Waals surface area (Å²) >= 11 is 0. The molecule has 0 saturated heterocycles. The fourth-order valence-electron chi connectivity index (χ4n) is 9.08. The number of pyridine rings is 1. The molecule has 2 N–H and O–H groups in total. The van der Waals surface area contributed by atoms with Gasteiger partial charge >= 0.3 is 0 Å². The zero-order valence-electron chi connectivity index (χ0n) is 26.4. The summed E-state index contributed by atoms with van der Waals surface area (Å²) in [4.78, 5) is 30.4. The summed E-state index contributed by atoms with van der Waals surface area (Å²) < 4.78 is 0. The van der Waals surface area contributed by atoms with Crippen LogP contribution in [0.25, 0.3) is 0 Å². The van der Waals surface area contributed by atoms with E-state index in [9.17, 15) is 9.59 Å². The molecule has 3 aromatic rings. The Balaban J connectivity index is 1.47. The lowest BCUT2D eigenvalue weighted by molar-refractivity contribution is -0.108. The van der Waals surface area contributed by atoms with Crippen LogP contribution in [0.5, 0.6) is 0 Å². The predicted molar refractivity (Wildman–Crippen MR) is 175 cm³/mol. The molecular formula is C37H50N2O2Si. The van der Waals surface area contributed by atoms with Gasteiger partial charge in [-0.1, -0.05) is 109 Å². The van der Waals surface area contributed by atoms with Gasteiger partial charge in [0, 0.05) is 18.4 Å². The summed E-state index contributed by atoms with van der Waals surface area (Å²) in [5.41, 5.74) is 1.05. The first-order valence-corrected chi connectivity index (χ1v) is 17.9. The number of amides is 1. The minimum absolute atomic E-state index is 0.0220. The van der Waals surface area contributed by atoms with E-state index in [1.54, 1.807) is 12.4 Å². The number of aromatic nitrogens is 1. The third-order valence-electron chi connectivity index (χ3n) is 11.6. The van der Waals surface area contributed by atoms with E-state index in [2.05, 4.69) is 100 Å². The van der Waals surface area contributed by atoms with Crippen molar-refractivity contribution in [2.24, 2.45) is 28.6 Å². The van der Waals surface area contributed by atoms with E-state index in [0.717, 1.165) is 29.6 Å². The maximum absolute atomic E-state index is 13.4. The average Bonchev–Trinajstić information content (AvgIpc) is 2.98. The van der Waals surface area contributed by atoms with Crippen LogP contribution in [0.3, 0.4) is 0 Å². The Morgan fingerprint density at radius 2 is 1.60 bits per heavy atom. The molecule has 1 amide bonds. The Labute approximate surface area is 254 Å². The lowest BCUT2D eigenvalue weighted by Crippen LogP contribution is -2.65. The molecule has 1 unspecified atom stereocenters. The number of hydrogen-bond donors (Lipinski definition) is 2. The van der Waals surface area contributed by atoms with Crippen molar-refractivity contribution >= 4 is 24.6 Å². The van der Waals surface area contributed by atoms with Gasteiger partial charge in [0.1, 0.15) is 0 Å². The van der Waals surface area contributed by atoms with Crippen molar-refractivity contribution < 1.29 is 9.59 Å². The van der Waals surface area contributed by atoms with Gasteiger partial charge in [0.05, 0.1) is 5.56 Å². The molecule has 2 aromatic carbocycles. The van der Waals surface area contributed by atoms with Crippen LogP contribution in [0.1, 0.15) is 90.4 Å². The second-order valence-electron chi connectivity index (χ2n) is 14.8. The Hall–Kier alpha value is -2.76. The first-order chi connectivity index (χ1) is 19.9. The van der Waals surface area contributed by atoms with E-state index in [1.807, 2.05) is 24.3 Å². The number of nitrogens with zero attached hydrogens (tertiary/aromatic N) is 1. The number of carbonyl (C=O) groups is 1. The van der Waals surface area contributed by atoms with Crippen molar-refractivity contribution in [3.63, 3.8) is 0 Å². The van der Waals surface area contributed by atoms with E-state index < -0.39 is 8.32 Å². The summed E-state index contributed by atoms with van der Waals surface area (Å²) in [5.74, 6) is 1.28. The lowest BCUT2D eigenvalue weighted by Gasteiger charge is -2.61. The molecule has 2 aliphatic rings. The minimum Gasteiger partial charge on any atom is -0.424 e. The van der Waals surface area contributed by atoms with E-state index in [1.165, 1.54) is 19.3 Å². The molecule has 5 atom stereocenters. The number of rotatable bonds is 8. The van der Waals surface area contributed by atoms with Gasteiger partial charge in [0.2, 0.25) is 0 Å². The minimum atomic E-state index is -3.10. The lowest BCUT2D eigenvalue weighted by atomic mass is 9.45. The average molecular weight is 583 g/mol. The monoisotopic (exact) mass is 582 g/mol. The third-order valence-corrected chi connectivity index (χ3v) is 16.1. The van der Waals surface area contributed by atoms with Crippen molar-refractivity contribution in [3.8, 4) is 0 Å². The molecule has 2 fully saturated rings. The SMILES string of the molecule is C[C@@H]1[C@H](NC(=O)c2cccnc2)CC2C(C)(C)CCC[C@]2(C)[C@H]1CCC(C)(C)[Si](O)(c1ccccc1)c1ccccc1. The normalized spacial score (nSPS) is 27.6. The van der Waals surface area contributed by atoms with Gasteiger partial charge in [-0.2, -0.15) is 0 Å². The van der Waals surface area contributed by atoms with Crippen LogP contribution in [0.2, 0.25) is 5.04 Å². The highest BCUT2D eigenvalue weighted by atomic mass is 28.4. The number of fused-ring (bicyclic) bond motifs is 1. The molecule has 5 rings (SSSR count). The van der Waals surface area contributed by atoms with Crippen LogP contribution in [-0.2, 0) is 0 Å². The first kappa shape index (κ1) is 30.7. The van der Waals surface area contributed by atoms with Gasteiger partial charge < -0.3 is 10.1 Å². The highest BCUT2D eigenvalue weighted by molar-refractivity contribution is 6.98. The topological polar surface area (TPSA) is 62.2 Å². The van der Waals surface area contributed by atoms with Gasteiger partial charge in [0.25, 0.3) is 14.2 Å². The van der Waals surface area contributed by atoms with Crippen molar-refractivity contribution in [1.29, 1.82) is 0 Å². The summed E-state index contributed by atoms with van der Waals surface area (Å²) in [6.45, 7) is 14.4. The molecule has 42 heavy (non-hydrogen) atoms. The van der Waals surface area contributed by atoms with Crippen LogP contribution in [-0.4, -0.2) is 30.0 Å². The van der Waals surface area contributed by atoms with E-state index in [4.69, 9.17) is 0 Å². The number of carbonyl (C=O) groups excluding carboxylic acids is 1. The Bertz CT molecular complexity index is 1300. The van der Waals surface area contributed by atoms with E-state index in [-0.39, 0.29) is 27.8 Å². The zero-order chi connectivity index (χ0) is 30.2. The van der Waals surface area contributed by atoms with E-state index >= 15 is 0 Å². The first-order valence-electron chi connectivity index (χ1n) is 15.9. The molecule has 0 bridgehead atoms. The number of benzene rings is 2. The Morgan fingerprint density at radius 3 is 2.17 bits per heavy atom. The highest BCUT2D eigenvalue weighted by Crippen LogP contribution is 2.62. The summed E-state index contributed by atoms with van der Waals surface area (Å²) in [6, 6.07) is 24.6. The standard InChI is InChI=1S/C37H50N2O2Si/c1-27-31(20-23-36(4,5)42(41,29-16-9-7-10-17-29)30-18-11-8-12-19-30)37(6)22-14-21-35(2,3)33(37)25-32(27)39-34(40)28-15-13-24-38-26-28/h7-13,15-19,24,26-27,31-33,41H,14,20-23,25H2,1-6H3,(H,39,40)/t27-,31-,32+,33?,37+/m0/s1. The smallest absolute Gasteiger partial charge is 0.258 e. The second-order valence-corrected chi connectivity index (χ2v) is 18.7. The largest absolute Gasteiger partial charge is 0.424 e. The maximum Gasteiger partial charge on any atom is 0.258 e. The third kappa shape index (κ3) is 5.51. The molecule has 2 saturated carbocycles. The van der Waals surface area contributed by atoms with E-state index in [0.29, 0.717) is 23.3 Å². The van der Waals surface area contributed by atoms with Crippen molar-refractivity contribution in [2.45, 2.75) is 91.1 Å². The molecule has 0 radical (unpaired) electrons. The summed E-state index contributed by atoms with van der Waals surface area (Å²) in [7, 11) is -3.10. The van der Waals surface area contributed by atoms with Gasteiger partial charge in [-0.3, -0.25) is 9.78 Å². The van der Waals surface area contributed by atoms with Crippen LogP contribution in [0.4, 0.5) is 0 Å². The van der Waals surface area contributed by atoms with Crippen LogP contribution < -0.4 is 15.7 Å². The van der Waals surface area contributed by atoms with Gasteiger partial charge in [-0.25, -0.2) is 0 Å². The quantitative estimate of drug-likeness (QED) is 0.282. The van der Waals surface area contributed by atoms with Crippen molar-refractivity contribution in [2.75, 3.05) is 0 Å². The van der Waals surface area contributed by atoms with Crippen molar-refractivity contribution in [3.05, 3.63) is 90.8 Å². The molecule has 4 nitrogen and oxygen atoms in total. The van der Waals surface area contributed by atoms with Gasteiger partial charge in [-0.15, -0.1) is 0 Å². The number of nitrogens with one attached hydrogen (secondary N) is 1. The van der Waals surface area contributed by atoms with Gasteiger partial charge in [0.15, 0.2) is 0 Å². The Kier molecular flexibility index (Phi) is 8.57. The second kappa shape index (κ2) is 11.7. The fraction of sp³-hybridized carbons (Fsp3) is 0.514. The van der Waals surface area contributed by atoms with Gasteiger partial charge in [-0.05, 0) is 88.2 Å². The number of hydrogen-bond acceptors (Lipinski definition) is 3. The molecule has 0 spiro atoms. The molecule has 224 valence electrons. The summed E-state index contributed by atoms with van der Waals surface area (Å²) in [5, 5.41) is 5.31. The highest BCUT2D eigenvalue weighted by Gasteiger charge is 2.57. The molecule has 2 aliphatic carbocycles. The fourth-order valence-corrected chi connectivity index (χ4v) is 12.8. The molecule has 1 heterocycles. The molecule has 1 aromatic heterocycles. The Morgan fingerprint density at radius 1 is 0.976 bits per heavy atom. The van der Waals surface area contributed by atoms with Crippen LogP contribution in [0.15, 0.2) is 85.2 Å².